The fraction of sp³-hybridized carbons (Fsp3) is 0.429. The Morgan fingerprint density at radius 3 is 2.43 bits per heavy atom. The number of methoxy groups -OCH3 is 1. The molecule has 1 aliphatic rings. The first-order chi connectivity index (χ1) is 13.5. The lowest BCUT2D eigenvalue weighted by Gasteiger charge is -2.35. The smallest absolute Gasteiger partial charge is 0.297 e. The Kier molecular flexibility index (Phi) is 7.20. The van der Waals surface area contributed by atoms with Gasteiger partial charge in [0.2, 0.25) is 0 Å². The summed E-state index contributed by atoms with van der Waals surface area (Å²) in [6.07, 6.45) is 0.521. The molecule has 2 aromatic rings. The zero-order valence-corrected chi connectivity index (χ0v) is 16.9. The van der Waals surface area contributed by atoms with Gasteiger partial charge in [0.15, 0.2) is 0 Å². The average molecular weight is 407 g/mol. The minimum absolute atomic E-state index is 0.0631. The van der Waals surface area contributed by atoms with E-state index < -0.39 is 16.2 Å². The van der Waals surface area contributed by atoms with Crippen molar-refractivity contribution in [1.29, 1.82) is 0 Å². The summed E-state index contributed by atoms with van der Waals surface area (Å²) < 4.78 is 47.1. The highest BCUT2D eigenvalue weighted by atomic mass is 32.2. The van der Waals surface area contributed by atoms with Crippen molar-refractivity contribution >= 4 is 10.1 Å². The largest absolute Gasteiger partial charge is 0.368 e. The summed E-state index contributed by atoms with van der Waals surface area (Å²) >= 11 is 0. The van der Waals surface area contributed by atoms with Crippen LogP contribution in [0.1, 0.15) is 30.1 Å². The lowest BCUT2D eigenvalue weighted by Crippen LogP contribution is -2.36. The SMILES string of the molecule is COCO[C@@H]1C[C@@H](COS(=O)(=O)c2ccc(C)cc2)O[C@H](c2ccccc2)C1. The van der Waals surface area contributed by atoms with E-state index in [-0.39, 0.29) is 30.5 Å². The highest BCUT2D eigenvalue weighted by Crippen LogP contribution is 2.33. The standard InChI is InChI=1S/C21H26O6S/c1-16-8-10-20(11-9-16)28(22,23)26-14-19-12-18(25-15-24-2)13-21(27-19)17-6-4-3-5-7-17/h3-11,18-19,21H,12-15H2,1-2H3/t18-,19+,21+/m1/s1. The maximum atomic E-state index is 12.5. The van der Waals surface area contributed by atoms with Gasteiger partial charge in [0.1, 0.15) is 6.79 Å². The molecule has 28 heavy (non-hydrogen) atoms. The van der Waals surface area contributed by atoms with E-state index >= 15 is 0 Å². The molecule has 6 nitrogen and oxygen atoms in total. The van der Waals surface area contributed by atoms with Crippen LogP contribution in [0, 0.1) is 6.92 Å². The van der Waals surface area contributed by atoms with E-state index in [1.165, 1.54) is 0 Å². The Morgan fingerprint density at radius 2 is 1.75 bits per heavy atom. The third-order valence-corrected chi connectivity index (χ3v) is 5.97. The van der Waals surface area contributed by atoms with Crippen molar-refractivity contribution in [3.05, 3.63) is 65.7 Å². The third kappa shape index (κ3) is 5.62. The zero-order valence-electron chi connectivity index (χ0n) is 16.1. The second-order valence-corrected chi connectivity index (χ2v) is 8.49. The van der Waals surface area contributed by atoms with Gasteiger partial charge < -0.3 is 14.2 Å². The molecule has 3 rings (SSSR count). The van der Waals surface area contributed by atoms with E-state index in [1.54, 1.807) is 31.4 Å². The Bertz CT molecular complexity index is 835. The predicted octanol–water partition coefficient (Wildman–Crippen LogP) is 3.61. The second kappa shape index (κ2) is 9.62. The van der Waals surface area contributed by atoms with E-state index in [9.17, 15) is 8.42 Å². The maximum absolute atomic E-state index is 12.5. The first-order valence-electron chi connectivity index (χ1n) is 9.25. The van der Waals surface area contributed by atoms with Crippen molar-refractivity contribution in [2.75, 3.05) is 20.5 Å². The fourth-order valence-electron chi connectivity index (χ4n) is 3.20. The van der Waals surface area contributed by atoms with Crippen LogP contribution in [0.25, 0.3) is 0 Å². The lowest BCUT2D eigenvalue weighted by molar-refractivity contribution is -0.155. The molecule has 1 aliphatic heterocycles. The summed E-state index contributed by atoms with van der Waals surface area (Å²) in [5.74, 6) is 0. The lowest BCUT2D eigenvalue weighted by atomic mass is 9.96. The number of hydrogen-bond donors (Lipinski definition) is 0. The van der Waals surface area contributed by atoms with Crippen molar-refractivity contribution in [2.45, 2.75) is 43.0 Å². The zero-order chi connectivity index (χ0) is 20.0. The van der Waals surface area contributed by atoms with E-state index in [4.69, 9.17) is 18.4 Å². The minimum Gasteiger partial charge on any atom is -0.368 e. The van der Waals surface area contributed by atoms with Gasteiger partial charge >= 0.3 is 0 Å². The molecule has 1 heterocycles. The maximum Gasteiger partial charge on any atom is 0.297 e. The van der Waals surface area contributed by atoms with Gasteiger partial charge in [-0.25, -0.2) is 0 Å². The quantitative estimate of drug-likeness (QED) is 0.493. The van der Waals surface area contributed by atoms with Crippen LogP contribution < -0.4 is 0 Å². The number of rotatable bonds is 8. The molecule has 152 valence electrons. The van der Waals surface area contributed by atoms with Crippen LogP contribution in [0.2, 0.25) is 0 Å². The summed E-state index contributed by atoms with van der Waals surface area (Å²) in [7, 11) is -2.27. The molecule has 3 atom stereocenters. The van der Waals surface area contributed by atoms with Crippen LogP contribution in [-0.4, -0.2) is 41.1 Å². The van der Waals surface area contributed by atoms with Crippen molar-refractivity contribution < 1.29 is 26.8 Å². The molecule has 0 spiro atoms. The molecule has 0 aromatic heterocycles. The molecule has 1 fully saturated rings. The molecule has 7 heteroatoms. The Morgan fingerprint density at radius 1 is 1.04 bits per heavy atom. The highest BCUT2D eigenvalue weighted by molar-refractivity contribution is 7.86. The molecule has 0 aliphatic carbocycles. The molecule has 1 saturated heterocycles. The van der Waals surface area contributed by atoms with Crippen LogP contribution >= 0.6 is 0 Å². The summed E-state index contributed by atoms with van der Waals surface area (Å²) in [5, 5.41) is 0. The van der Waals surface area contributed by atoms with Crippen LogP contribution in [0.4, 0.5) is 0 Å². The molecule has 0 unspecified atom stereocenters. The number of hydrogen-bond acceptors (Lipinski definition) is 6. The van der Waals surface area contributed by atoms with Gasteiger partial charge in [-0.3, -0.25) is 4.18 Å². The Labute approximate surface area is 166 Å². The average Bonchev–Trinajstić information content (AvgIpc) is 2.72. The predicted molar refractivity (Wildman–Crippen MR) is 104 cm³/mol. The first-order valence-corrected chi connectivity index (χ1v) is 10.7. The van der Waals surface area contributed by atoms with E-state index in [0.29, 0.717) is 12.8 Å². The fourth-order valence-corrected chi connectivity index (χ4v) is 4.14. The van der Waals surface area contributed by atoms with Gasteiger partial charge in [0.25, 0.3) is 10.1 Å². The van der Waals surface area contributed by atoms with Crippen LogP contribution in [-0.2, 0) is 28.5 Å². The van der Waals surface area contributed by atoms with Gasteiger partial charge in [-0.1, -0.05) is 48.0 Å². The van der Waals surface area contributed by atoms with Gasteiger partial charge in [-0.05, 0) is 24.6 Å². The normalized spacial score (nSPS) is 22.9. The van der Waals surface area contributed by atoms with Gasteiger partial charge in [-0.2, -0.15) is 8.42 Å². The summed E-state index contributed by atoms with van der Waals surface area (Å²) in [5.41, 5.74) is 2.01. The monoisotopic (exact) mass is 406 g/mol. The number of benzene rings is 2. The van der Waals surface area contributed by atoms with Crippen molar-refractivity contribution in [3.63, 3.8) is 0 Å². The van der Waals surface area contributed by atoms with Gasteiger partial charge in [-0.15, -0.1) is 0 Å². The number of ether oxygens (including phenoxy) is 3. The third-order valence-electron chi connectivity index (χ3n) is 4.67. The van der Waals surface area contributed by atoms with E-state index in [1.807, 2.05) is 37.3 Å². The van der Waals surface area contributed by atoms with E-state index in [0.717, 1.165) is 11.1 Å². The second-order valence-electron chi connectivity index (χ2n) is 6.88. The van der Waals surface area contributed by atoms with Gasteiger partial charge in [0, 0.05) is 20.0 Å². The first kappa shape index (κ1) is 21.0. The molecule has 0 saturated carbocycles. The molecule has 0 radical (unpaired) electrons. The topological polar surface area (TPSA) is 71.1 Å². The summed E-state index contributed by atoms with van der Waals surface area (Å²) in [6.45, 7) is 2.02. The van der Waals surface area contributed by atoms with Crippen molar-refractivity contribution in [1.82, 2.24) is 0 Å². The molecular weight excluding hydrogens is 380 g/mol. The van der Waals surface area contributed by atoms with Crippen LogP contribution in [0.15, 0.2) is 59.5 Å². The highest BCUT2D eigenvalue weighted by Gasteiger charge is 2.32. The number of aryl methyl sites for hydroxylation is 1. The van der Waals surface area contributed by atoms with Crippen LogP contribution in [0.3, 0.4) is 0 Å². The van der Waals surface area contributed by atoms with E-state index in [2.05, 4.69) is 0 Å². The Hall–Kier alpha value is -1.77. The van der Waals surface area contributed by atoms with Crippen molar-refractivity contribution in [2.24, 2.45) is 0 Å². The molecule has 0 bridgehead atoms. The minimum atomic E-state index is -3.84. The Balaban J connectivity index is 1.67. The summed E-state index contributed by atoms with van der Waals surface area (Å²) in [6, 6.07) is 16.4. The molecular formula is C21H26O6S. The van der Waals surface area contributed by atoms with Gasteiger partial charge in [0.05, 0.1) is 29.8 Å². The molecule has 2 aromatic carbocycles. The molecule has 0 N–H and O–H groups in total. The van der Waals surface area contributed by atoms with Crippen LogP contribution in [0.5, 0.6) is 0 Å². The summed E-state index contributed by atoms with van der Waals surface area (Å²) in [4.78, 5) is 0.140. The van der Waals surface area contributed by atoms with Crippen molar-refractivity contribution in [3.8, 4) is 0 Å². The molecule has 0 amide bonds.